The lowest BCUT2D eigenvalue weighted by molar-refractivity contribution is -0.149. The third-order valence-electron chi connectivity index (χ3n) is 7.43. The molecule has 2 heterocycles. The van der Waals surface area contributed by atoms with Crippen molar-refractivity contribution in [3.05, 3.63) is 29.8 Å². The van der Waals surface area contributed by atoms with Crippen LogP contribution < -0.4 is 10.6 Å². The van der Waals surface area contributed by atoms with Gasteiger partial charge in [-0.15, -0.1) is 0 Å². The molecule has 3 amide bonds. The Kier molecular flexibility index (Phi) is 9.31. The van der Waals surface area contributed by atoms with E-state index in [0.717, 1.165) is 25.0 Å². The monoisotopic (exact) mass is 527 g/mol. The average molecular weight is 528 g/mol. The van der Waals surface area contributed by atoms with E-state index in [0.29, 0.717) is 25.3 Å². The van der Waals surface area contributed by atoms with Crippen molar-refractivity contribution in [2.75, 3.05) is 31.6 Å². The molecule has 2 aliphatic heterocycles. The van der Waals surface area contributed by atoms with Crippen LogP contribution in [0, 0.1) is 5.92 Å². The second kappa shape index (κ2) is 12.4. The largest absolute Gasteiger partial charge is 0.416 e. The molecule has 3 fully saturated rings. The minimum Gasteiger partial charge on any atom is -0.389 e. The van der Waals surface area contributed by atoms with Crippen molar-refractivity contribution in [3.63, 3.8) is 0 Å². The number of alkyl halides is 3. The predicted octanol–water partition coefficient (Wildman–Crippen LogP) is 3.93. The summed E-state index contributed by atoms with van der Waals surface area (Å²) in [6, 6.07) is 3.25. The van der Waals surface area contributed by atoms with Crippen LogP contribution in [0.5, 0.6) is 0 Å². The standard InChI is InChI=1S/C26H36F3N3O5/c27-26(28,29)18-6-8-19(9-7-18)31-25(35)32-14-20(33)15-36-16-23-22(32)11-10-21(37-23)12-24(34)30-13-17-4-2-1-3-5-17/h6-9,17,20-23,33H,1-5,10-16H2,(H,30,34)(H,31,35)/t20-,21+,22-,23+/m0/s1. The minimum atomic E-state index is -4.47. The molecule has 3 N–H and O–H groups in total. The van der Waals surface area contributed by atoms with Crippen molar-refractivity contribution in [1.29, 1.82) is 0 Å². The zero-order valence-corrected chi connectivity index (χ0v) is 20.8. The molecule has 4 atom stereocenters. The second-order valence-electron chi connectivity index (χ2n) is 10.3. The molecular formula is C26H36F3N3O5. The molecule has 0 aromatic heterocycles. The number of carbonyl (C=O) groups excluding carboxylic acids is 2. The Morgan fingerprint density at radius 3 is 2.46 bits per heavy atom. The van der Waals surface area contributed by atoms with E-state index in [1.54, 1.807) is 0 Å². The number of aliphatic hydroxyl groups excluding tert-OH is 1. The number of aliphatic hydroxyl groups is 1. The van der Waals surface area contributed by atoms with Crippen molar-refractivity contribution >= 4 is 17.6 Å². The molecule has 0 unspecified atom stereocenters. The number of rotatable bonds is 5. The highest BCUT2D eigenvalue weighted by molar-refractivity contribution is 5.89. The summed E-state index contributed by atoms with van der Waals surface area (Å²) in [6.07, 6.45) is 1.15. The molecule has 0 bridgehead atoms. The van der Waals surface area contributed by atoms with Crippen LogP contribution in [-0.2, 0) is 20.4 Å². The first kappa shape index (κ1) is 27.7. The van der Waals surface area contributed by atoms with Gasteiger partial charge in [0.05, 0.1) is 50.0 Å². The van der Waals surface area contributed by atoms with E-state index < -0.39 is 36.0 Å². The number of ether oxygens (including phenoxy) is 2. The normalized spacial score (nSPS) is 27.5. The van der Waals surface area contributed by atoms with Crippen LogP contribution in [-0.4, -0.2) is 72.6 Å². The van der Waals surface area contributed by atoms with Gasteiger partial charge < -0.3 is 30.1 Å². The Balaban J connectivity index is 1.34. The summed E-state index contributed by atoms with van der Waals surface area (Å²) in [5.74, 6) is 0.490. The molecule has 0 radical (unpaired) electrons. The number of halogens is 3. The SMILES string of the molecule is O=C(C[C@H]1CC[C@H]2[C@@H](COC[C@@H](O)CN2C(=O)Nc2ccc(C(F)(F)F)cc2)O1)NCC1CCCCC1. The van der Waals surface area contributed by atoms with Crippen molar-refractivity contribution in [1.82, 2.24) is 10.2 Å². The summed E-state index contributed by atoms with van der Waals surface area (Å²) in [7, 11) is 0. The fraction of sp³-hybridized carbons (Fsp3) is 0.692. The van der Waals surface area contributed by atoms with Gasteiger partial charge in [-0.1, -0.05) is 19.3 Å². The molecule has 3 aliphatic rings. The first-order valence-corrected chi connectivity index (χ1v) is 13.1. The lowest BCUT2D eigenvalue weighted by Gasteiger charge is -2.44. The average Bonchev–Trinajstić information content (AvgIpc) is 2.86. The van der Waals surface area contributed by atoms with Gasteiger partial charge in [-0.05, 0) is 55.9 Å². The van der Waals surface area contributed by atoms with E-state index in [9.17, 15) is 27.9 Å². The predicted molar refractivity (Wildman–Crippen MR) is 130 cm³/mol. The molecule has 2 saturated heterocycles. The van der Waals surface area contributed by atoms with Gasteiger partial charge in [-0.2, -0.15) is 13.2 Å². The number of benzene rings is 1. The fourth-order valence-corrected chi connectivity index (χ4v) is 5.44. The molecular weight excluding hydrogens is 491 g/mol. The van der Waals surface area contributed by atoms with E-state index in [1.165, 1.54) is 36.3 Å². The van der Waals surface area contributed by atoms with Crippen molar-refractivity contribution in [2.24, 2.45) is 5.92 Å². The number of hydrogen-bond acceptors (Lipinski definition) is 5. The minimum absolute atomic E-state index is 0.0104. The van der Waals surface area contributed by atoms with Gasteiger partial charge in [-0.25, -0.2) is 4.79 Å². The fourth-order valence-electron chi connectivity index (χ4n) is 5.44. The molecule has 0 spiro atoms. The van der Waals surface area contributed by atoms with Gasteiger partial charge in [0.25, 0.3) is 0 Å². The van der Waals surface area contributed by atoms with Crippen LogP contribution in [0.25, 0.3) is 0 Å². The van der Waals surface area contributed by atoms with Crippen molar-refractivity contribution in [3.8, 4) is 0 Å². The maximum atomic E-state index is 13.1. The Bertz CT molecular complexity index is 908. The zero-order valence-electron chi connectivity index (χ0n) is 20.8. The molecule has 1 aromatic rings. The number of nitrogens with zero attached hydrogens (tertiary/aromatic N) is 1. The molecule has 206 valence electrons. The summed E-state index contributed by atoms with van der Waals surface area (Å²) >= 11 is 0. The smallest absolute Gasteiger partial charge is 0.389 e. The Morgan fingerprint density at radius 1 is 1.03 bits per heavy atom. The molecule has 1 aliphatic carbocycles. The lowest BCUT2D eigenvalue weighted by atomic mass is 9.89. The summed E-state index contributed by atoms with van der Waals surface area (Å²) in [5, 5.41) is 16.0. The van der Waals surface area contributed by atoms with Crippen LogP contribution in [0.2, 0.25) is 0 Å². The highest BCUT2D eigenvalue weighted by Crippen LogP contribution is 2.31. The number of hydrogen-bond donors (Lipinski definition) is 3. The zero-order chi connectivity index (χ0) is 26.4. The summed E-state index contributed by atoms with van der Waals surface area (Å²) in [4.78, 5) is 27.1. The van der Waals surface area contributed by atoms with Crippen LogP contribution in [0.1, 0.15) is 56.9 Å². The highest BCUT2D eigenvalue weighted by atomic mass is 19.4. The Labute approximate surface area is 214 Å². The molecule has 1 saturated carbocycles. The summed E-state index contributed by atoms with van der Waals surface area (Å²) in [5.41, 5.74) is -0.592. The maximum absolute atomic E-state index is 13.1. The van der Waals surface area contributed by atoms with E-state index in [-0.39, 0.29) is 43.9 Å². The molecule has 8 nitrogen and oxygen atoms in total. The first-order chi connectivity index (χ1) is 17.7. The number of fused-ring (bicyclic) bond motifs is 1. The van der Waals surface area contributed by atoms with E-state index in [1.807, 2.05) is 0 Å². The van der Waals surface area contributed by atoms with E-state index in [2.05, 4.69) is 10.6 Å². The number of anilines is 1. The van der Waals surface area contributed by atoms with Gasteiger partial charge in [0, 0.05) is 12.2 Å². The molecule has 37 heavy (non-hydrogen) atoms. The third-order valence-corrected chi connectivity index (χ3v) is 7.43. The van der Waals surface area contributed by atoms with E-state index in [4.69, 9.17) is 9.47 Å². The lowest BCUT2D eigenvalue weighted by Crippen LogP contribution is -2.58. The molecule has 11 heteroatoms. The third kappa shape index (κ3) is 7.81. The van der Waals surface area contributed by atoms with Crippen molar-refractivity contribution < 1.29 is 37.3 Å². The van der Waals surface area contributed by atoms with Crippen LogP contribution in [0.3, 0.4) is 0 Å². The molecule has 1 aromatic carbocycles. The number of amides is 3. The van der Waals surface area contributed by atoms with Gasteiger partial charge in [0.1, 0.15) is 6.10 Å². The van der Waals surface area contributed by atoms with Crippen LogP contribution in [0.15, 0.2) is 24.3 Å². The quantitative estimate of drug-likeness (QED) is 0.539. The number of urea groups is 1. The second-order valence-corrected chi connectivity index (χ2v) is 10.3. The topological polar surface area (TPSA) is 100 Å². The summed E-state index contributed by atoms with van der Waals surface area (Å²) < 4.78 is 50.3. The number of nitrogens with one attached hydrogen (secondary N) is 2. The highest BCUT2D eigenvalue weighted by Gasteiger charge is 2.40. The Hall–Kier alpha value is -2.37. The van der Waals surface area contributed by atoms with Crippen molar-refractivity contribution in [2.45, 2.75) is 81.9 Å². The van der Waals surface area contributed by atoms with Crippen LogP contribution in [0.4, 0.5) is 23.7 Å². The number of β-amino-alcohol motifs (C(OH)–C–C–N with tert-alkyl or cyclic N) is 1. The first-order valence-electron chi connectivity index (χ1n) is 13.1. The van der Waals surface area contributed by atoms with Gasteiger partial charge in [0.2, 0.25) is 5.91 Å². The van der Waals surface area contributed by atoms with Gasteiger partial charge in [0.15, 0.2) is 0 Å². The van der Waals surface area contributed by atoms with E-state index >= 15 is 0 Å². The molecule has 4 rings (SSSR count). The maximum Gasteiger partial charge on any atom is 0.416 e. The Morgan fingerprint density at radius 2 is 1.76 bits per heavy atom. The summed E-state index contributed by atoms with van der Waals surface area (Å²) in [6.45, 7) is 0.856. The van der Waals surface area contributed by atoms with Crippen LogP contribution >= 0.6 is 0 Å². The number of carbonyl (C=O) groups is 2. The van der Waals surface area contributed by atoms with Gasteiger partial charge in [-0.3, -0.25) is 4.79 Å². The van der Waals surface area contributed by atoms with Gasteiger partial charge >= 0.3 is 12.2 Å².